The third-order valence-corrected chi connectivity index (χ3v) is 4.73. The van der Waals surface area contributed by atoms with Crippen LogP contribution in [0.5, 0.6) is 5.75 Å². The number of methoxy groups -OCH3 is 1. The Kier molecular flexibility index (Phi) is 2.63. The smallest absolute Gasteiger partial charge is 0.124 e. The number of benzene rings is 2. The minimum Gasteiger partial charge on any atom is -0.497 e. The first-order chi connectivity index (χ1) is 9.83. The van der Waals surface area contributed by atoms with E-state index in [9.17, 15) is 0 Å². The Hall–Kier alpha value is -2.07. The van der Waals surface area contributed by atoms with Crippen molar-refractivity contribution in [2.75, 3.05) is 19.0 Å². The monoisotopic (exact) mass is 282 g/mol. The molecule has 3 nitrogen and oxygen atoms in total. The van der Waals surface area contributed by atoms with Crippen molar-refractivity contribution in [1.82, 2.24) is 4.98 Å². The largest absolute Gasteiger partial charge is 0.497 e. The highest BCUT2D eigenvalue weighted by atomic mass is 32.1. The molecule has 4 heteroatoms. The normalized spacial score (nSPS) is 13.2. The van der Waals surface area contributed by atoms with Crippen molar-refractivity contribution >= 4 is 27.2 Å². The summed E-state index contributed by atoms with van der Waals surface area (Å²) in [5, 5.41) is 4.48. The van der Waals surface area contributed by atoms with Crippen LogP contribution in [0.2, 0.25) is 0 Å². The quantitative estimate of drug-likeness (QED) is 0.773. The Morgan fingerprint density at radius 2 is 2.15 bits per heavy atom. The van der Waals surface area contributed by atoms with E-state index in [1.807, 2.05) is 18.2 Å². The van der Waals surface area contributed by atoms with Crippen molar-refractivity contribution in [2.45, 2.75) is 6.42 Å². The maximum absolute atomic E-state index is 5.27. The molecular formula is C16H14N2OS. The molecule has 0 spiro atoms. The Morgan fingerprint density at radius 1 is 1.20 bits per heavy atom. The molecule has 20 heavy (non-hydrogen) atoms. The van der Waals surface area contributed by atoms with Crippen LogP contribution in [-0.4, -0.2) is 18.6 Å². The van der Waals surface area contributed by atoms with Crippen LogP contribution in [0.3, 0.4) is 0 Å². The summed E-state index contributed by atoms with van der Waals surface area (Å²) < 4.78 is 6.43. The second-order valence-corrected chi connectivity index (χ2v) is 5.93. The van der Waals surface area contributed by atoms with E-state index in [1.54, 1.807) is 18.4 Å². The van der Waals surface area contributed by atoms with Gasteiger partial charge in [-0.25, -0.2) is 4.98 Å². The molecule has 0 atom stereocenters. The van der Waals surface area contributed by atoms with Gasteiger partial charge in [0.25, 0.3) is 0 Å². The molecule has 0 radical (unpaired) electrons. The Balaban J connectivity index is 1.81. The summed E-state index contributed by atoms with van der Waals surface area (Å²) in [5.74, 6) is 0.878. The van der Waals surface area contributed by atoms with Crippen LogP contribution < -0.4 is 10.1 Å². The van der Waals surface area contributed by atoms with Crippen LogP contribution in [0.1, 0.15) is 5.56 Å². The van der Waals surface area contributed by atoms with Crippen molar-refractivity contribution in [3.63, 3.8) is 0 Å². The van der Waals surface area contributed by atoms with Gasteiger partial charge in [-0.1, -0.05) is 12.1 Å². The summed E-state index contributed by atoms with van der Waals surface area (Å²) >= 11 is 1.71. The molecule has 0 bridgehead atoms. The number of nitrogens with zero attached hydrogens (tertiary/aromatic N) is 1. The molecule has 0 saturated carbocycles. The third-order valence-electron chi connectivity index (χ3n) is 3.66. The van der Waals surface area contributed by atoms with Gasteiger partial charge in [-0.2, -0.15) is 0 Å². The molecule has 1 aromatic heterocycles. The predicted molar refractivity (Wildman–Crippen MR) is 83.8 cm³/mol. The number of fused-ring (bicyclic) bond motifs is 2. The molecule has 4 rings (SSSR count). The van der Waals surface area contributed by atoms with E-state index < -0.39 is 0 Å². The van der Waals surface area contributed by atoms with Gasteiger partial charge < -0.3 is 10.1 Å². The number of aromatic nitrogens is 1. The standard InChI is InChI=1S/C16H14N2OS/c1-19-12-4-5-13-15(9-12)20-16(18-13)11-3-2-10-6-7-17-14(10)8-11/h2-5,8-9,17H,6-7H2,1H3. The van der Waals surface area contributed by atoms with Gasteiger partial charge in [0.05, 0.1) is 17.3 Å². The van der Waals surface area contributed by atoms with E-state index >= 15 is 0 Å². The molecule has 1 aliphatic rings. The summed E-state index contributed by atoms with van der Waals surface area (Å²) in [5.41, 5.74) is 4.86. The number of rotatable bonds is 2. The molecule has 0 fully saturated rings. The molecule has 1 aliphatic heterocycles. The SMILES string of the molecule is COc1ccc2nc(-c3ccc4c(c3)NCC4)sc2c1. The highest BCUT2D eigenvalue weighted by Crippen LogP contribution is 2.35. The van der Waals surface area contributed by atoms with Crippen molar-refractivity contribution < 1.29 is 4.74 Å². The van der Waals surface area contributed by atoms with Gasteiger partial charge in [0, 0.05) is 17.8 Å². The zero-order valence-corrected chi connectivity index (χ0v) is 12.0. The first-order valence-electron chi connectivity index (χ1n) is 6.65. The molecule has 2 aromatic carbocycles. The predicted octanol–water partition coefficient (Wildman–Crippen LogP) is 3.94. The zero-order valence-electron chi connectivity index (χ0n) is 11.1. The lowest BCUT2D eigenvalue weighted by Gasteiger charge is -2.01. The van der Waals surface area contributed by atoms with Gasteiger partial charge in [0.1, 0.15) is 10.8 Å². The lowest BCUT2D eigenvalue weighted by Crippen LogP contribution is -1.90. The molecule has 2 heterocycles. The van der Waals surface area contributed by atoms with Crippen LogP contribution in [0.15, 0.2) is 36.4 Å². The van der Waals surface area contributed by atoms with Crippen LogP contribution in [0.25, 0.3) is 20.8 Å². The van der Waals surface area contributed by atoms with E-state index in [4.69, 9.17) is 9.72 Å². The van der Waals surface area contributed by atoms with E-state index in [2.05, 4.69) is 23.5 Å². The molecule has 0 unspecified atom stereocenters. The summed E-state index contributed by atoms with van der Waals surface area (Å²) in [4.78, 5) is 4.72. The fraction of sp³-hybridized carbons (Fsp3) is 0.188. The van der Waals surface area contributed by atoms with Crippen molar-refractivity contribution in [2.24, 2.45) is 0 Å². The maximum Gasteiger partial charge on any atom is 0.124 e. The second-order valence-electron chi connectivity index (χ2n) is 4.90. The highest BCUT2D eigenvalue weighted by Gasteiger charge is 2.13. The minimum atomic E-state index is 0.878. The van der Waals surface area contributed by atoms with Gasteiger partial charge in [-0.3, -0.25) is 0 Å². The Bertz CT molecular complexity index is 794. The lowest BCUT2D eigenvalue weighted by molar-refractivity contribution is 0.415. The van der Waals surface area contributed by atoms with Crippen molar-refractivity contribution in [3.05, 3.63) is 42.0 Å². The fourth-order valence-electron chi connectivity index (χ4n) is 2.58. The van der Waals surface area contributed by atoms with Crippen LogP contribution >= 0.6 is 11.3 Å². The van der Waals surface area contributed by atoms with Crippen LogP contribution in [-0.2, 0) is 6.42 Å². The molecular weight excluding hydrogens is 268 g/mol. The number of hydrogen-bond acceptors (Lipinski definition) is 4. The highest BCUT2D eigenvalue weighted by molar-refractivity contribution is 7.21. The van der Waals surface area contributed by atoms with Gasteiger partial charge >= 0.3 is 0 Å². The minimum absolute atomic E-state index is 0.878. The molecule has 0 aliphatic carbocycles. The van der Waals surface area contributed by atoms with Crippen LogP contribution in [0.4, 0.5) is 5.69 Å². The molecule has 1 N–H and O–H groups in total. The summed E-state index contributed by atoms with van der Waals surface area (Å²) in [6.45, 7) is 1.04. The number of thiazole rings is 1. The Morgan fingerprint density at radius 3 is 3.05 bits per heavy atom. The summed E-state index contributed by atoms with van der Waals surface area (Å²) in [6.07, 6.45) is 1.12. The lowest BCUT2D eigenvalue weighted by atomic mass is 10.1. The van der Waals surface area contributed by atoms with E-state index in [0.717, 1.165) is 33.9 Å². The zero-order chi connectivity index (χ0) is 13.5. The second kappa shape index (κ2) is 4.49. The van der Waals surface area contributed by atoms with E-state index in [0.29, 0.717) is 0 Å². The topological polar surface area (TPSA) is 34.1 Å². The molecule has 3 aromatic rings. The van der Waals surface area contributed by atoms with E-state index in [-0.39, 0.29) is 0 Å². The van der Waals surface area contributed by atoms with Gasteiger partial charge in [0.2, 0.25) is 0 Å². The average molecular weight is 282 g/mol. The summed E-state index contributed by atoms with van der Waals surface area (Å²) in [7, 11) is 1.69. The molecule has 0 saturated heterocycles. The summed E-state index contributed by atoms with van der Waals surface area (Å²) in [6, 6.07) is 12.6. The number of anilines is 1. The van der Waals surface area contributed by atoms with E-state index in [1.165, 1.54) is 16.8 Å². The number of nitrogens with one attached hydrogen (secondary N) is 1. The van der Waals surface area contributed by atoms with Crippen molar-refractivity contribution in [3.8, 4) is 16.3 Å². The first kappa shape index (κ1) is 11.7. The van der Waals surface area contributed by atoms with Crippen LogP contribution in [0, 0.1) is 0 Å². The number of ether oxygens (including phenoxy) is 1. The maximum atomic E-state index is 5.27. The third kappa shape index (κ3) is 1.84. The molecule has 100 valence electrons. The number of hydrogen-bond donors (Lipinski definition) is 1. The molecule has 0 amide bonds. The first-order valence-corrected chi connectivity index (χ1v) is 7.47. The average Bonchev–Trinajstić information content (AvgIpc) is 3.11. The Labute approximate surface area is 121 Å². The van der Waals surface area contributed by atoms with Gasteiger partial charge in [-0.05, 0) is 36.2 Å². The van der Waals surface area contributed by atoms with Gasteiger partial charge in [-0.15, -0.1) is 11.3 Å². The van der Waals surface area contributed by atoms with Gasteiger partial charge in [0.15, 0.2) is 0 Å². The fourth-order valence-corrected chi connectivity index (χ4v) is 3.57. The van der Waals surface area contributed by atoms with Crippen molar-refractivity contribution in [1.29, 1.82) is 0 Å².